The van der Waals surface area contributed by atoms with Crippen LogP contribution in [0.25, 0.3) is 11.4 Å². The molecule has 0 saturated heterocycles. The molecule has 32 heavy (non-hydrogen) atoms. The smallest absolute Gasteiger partial charge is 0.227 e. The predicted molar refractivity (Wildman–Crippen MR) is 126 cm³/mol. The summed E-state index contributed by atoms with van der Waals surface area (Å²) in [6, 6.07) is 17.7. The van der Waals surface area contributed by atoms with E-state index in [4.69, 9.17) is 26.3 Å². The molecule has 3 heterocycles. The molecule has 0 spiro atoms. The normalized spacial score (nSPS) is 12.1. The third-order valence-corrected chi connectivity index (χ3v) is 6.72. The van der Waals surface area contributed by atoms with Crippen molar-refractivity contribution in [2.45, 2.75) is 30.7 Å². The second kappa shape index (κ2) is 8.90. The van der Waals surface area contributed by atoms with Crippen molar-refractivity contribution in [3.05, 3.63) is 93.8 Å². The van der Waals surface area contributed by atoms with Crippen LogP contribution in [0.2, 0.25) is 5.02 Å². The minimum absolute atomic E-state index is 0.0927. The van der Waals surface area contributed by atoms with Crippen molar-refractivity contribution in [1.29, 1.82) is 0 Å². The average molecular weight is 462 g/mol. The molecule has 0 amide bonds. The van der Waals surface area contributed by atoms with Crippen LogP contribution in [0.1, 0.15) is 27.9 Å². The van der Waals surface area contributed by atoms with E-state index in [-0.39, 0.29) is 6.61 Å². The topological polar surface area (TPSA) is 68.1 Å². The minimum atomic E-state index is -0.0927. The standard InChI is InChI=1S/C25H20ClN3O2S/c1-15-22-20(18(13-30)12-27-15)11-21-24(31-22)28-23(17-5-3-2-4-6-17)29-25(21)32-14-16-7-9-19(26)10-8-16/h2-10,12,30H,11,13-14H2,1H3. The number of fused-ring (bicyclic) bond motifs is 2. The number of nitrogens with zero attached hydrogens (tertiary/aromatic N) is 3. The molecular weight excluding hydrogens is 442 g/mol. The number of ether oxygens (including phenoxy) is 1. The average Bonchev–Trinajstić information content (AvgIpc) is 2.83. The van der Waals surface area contributed by atoms with Gasteiger partial charge in [0.1, 0.15) is 5.03 Å². The van der Waals surface area contributed by atoms with Crippen LogP contribution in [-0.2, 0) is 18.8 Å². The van der Waals surface area contributed by atoms with E-state index in [1.54, 1.807) is 18.0 Å². The number of thioether (sulfide) groups is 1. The summed E-state index contributed by atoms with van der Waals surface area (Å²) in [6.07, 6.45) is 2.30. The Morgan fingerprint density at radius 3 is 2.56 bits per heavy atom. The maximum Gasteiger partial charge on any atom is 0.227 e. The van der Waals surface area contributed by atoms with Crippen LogP contribution < -0.4 is 4.74 Å². The maximum absolute atomic E-state index is 9.83. The Balaban J connectivity index is 1.58. The first-order valence-corrected chi connectivity index (χ1v) is 11.6. The quantitative estimate of drug-likeness (QED) is 0.256. The molecule has 0 saturated carbocycles. The predicted octanol–water partition coefficient (Wildman–Crippen LogP) is 5.98. The van der Waals surface area contributed by atoms with Gasteiger partial charge in [0.15, 0.2) is 11.6 Å². The fourth-order valence-corrected chi connectivity index (χ4v) is 4.77. The summed E-state index contributed by atoms with van der Waals surface area (Å²) in [4.78, 5) is 14.0. The minimum Gasteiger partial charge on any atom is -0.436 e. The Hall–Kier alpha value is -2.93. The number of hydrogen-bond donors (Lipinski definition) is 1. The van der Waals surface area contributed by atoms with E-state index in [1.165, 1.54) is 0 Å². The van der Waals surface area contributed by atoms with Gasteiger partial charge in [0.25, 0.3) is 0 Å². The van der Waals surface area contributed by atoms with Crippen LogP contribution in [0.3, 0.4) is 0 Å². The fourth-order valence-electron chi connectivity index (χ4n) is 3.66. The first kappa shape index (κ1) is 20.9. The van der Waals surface area contributed by atoms with E-state index < -0.39 is 0 Å². The molecular formula is C25H20ClN3O2S. The van der Waals surface area contributed by atoms with Crippen LogP contribution >= 0.6 is 23.4 Å². The molecule has 5 rings (SSSR count). The number of rotatable bonds is 5. The summed E-state index contributed by atoms with van der Waals surface area (Å²) in [7, 11) is 0. The molecule has 0 radical (unpaired) electrons. The van der Waals surface area contributed by atoms with Gasteiger partial charge in [0.05, 0.1) is 17.9 Å². The summed E-state index contributed by atoms with van der Waals surface area (Å²) in [5.41, 5.74) is 5.49. The third kappa shape index (κ3) is 4.09. The maximum atomic E-state index is 9.83. The second-order valence-electron chi connectivity index (χ2n) is 7.53. The molecule has 0 aliphatic carbocycles. The zero-order chi connectivity index (χ0) is 22.1. The molecule has 7 heteroatoms. The van der Waals surface area contributed by atoms with Crippen molar-refractivity contribution in [3.8, 4) is 23.0 Å². The van der Waals surface area contributed by atoms with Gasteiger partial charge in [-0.25, -0.2) is 4.98 Å². The van der Waals surface area contributed by atoms with E-state index >= 15 is 0 Å². The number of aryl methyl sites for hydroxylation is 1. The van der Waals surface area contributed by atoms with Gasteiger partial charge in [-0.2, -0.15) is 4.98 Å². The van der Waals surface area contributed by atoms with Gasteiger partial charge in [0, 0.05) is 40.1 Å². The Morgan fingerprint density at radius 1 is 1.03 bits per heavy atom. The van der Waals surface area contributed by atoms with Gasteiger partial charge < -0.3 is 9.84 Å². The van der Waals surface area contributed by atoms with Crippen LogP contribution in [0.5, 0.6) is 11.6 Å². The summed E-state index contributed by atoms with van der Waals surface area (Å²) < 4.78 is 6.27. The third-order valence-electron chi connectivity index (χ3n) is 5.38. The second-order valence-corrected chi connectivity index (χ2v) is 8.93. The van der Waals surface area contributed by atoms with Crippen molar-refractivity contribution >= 4 is 23.4 Å². The number of aliphatic hydroxyl groups is 1. The van der Waals surface area contributed by atoms with Crippen molar-refractivity contribution in [3.63, 3.8) is 0 Å². The largest absolute Gasteiger partial charge is 0.436 e. The van der Waals surface area contributed by atoms with Crippen LogP contribution in [0.15, 0.2) is 65.8 Å². The molecule has 0 atom stereocenters. The van der Waals surface area contributed by atoms with Crippen molar-refractivity contribution in [1.82, 2.24) is 15.0 Å². The van der Waals surface area contributed by atoms with Crippen molar-refractivity contribution in [2.24, 2.45) is 0 Å². The summed E-state index contributed by atoms with van der Waals surface area (Å²) in [5.74, 6) is 2.58. The van der Waals surface area contributed by atoms with E-state index in [0.29, 0.717) is 23.9 Å². The first-order valence-electron chi connectivity index (χ1n) is 10.2. The number of pyridine rings is 1. The number of hydrogen-bond acceptors (Lipinski definition) is 6. The Labute approximate surface area is 195 Å². The summed E-state index contributed by atoms with van der Waals surface area (Å²) >= 11 is 7.67. The SMILES string of the molecule is Cc1ncc(CO)c2c1Oc1nc(-c3ccccc3)nc(SCc3ccc(Cl)cc3)c1C2. The monoisotopic (exact) mass is 461 g/mol. The molecule has 0 bridgehead atoms. The molecule has 1 aliphatic rings. The molecule has 5 nitrogen and oxygen atoms in total. The zero-order valence-corrected chi connectivity index (χ0v) is 19.0. The van der Waals surface area contributed by atoms with Gasteiger partial charge in [-0.15, -0.1) is 11.8 Å². The van der Waals surface area contributed by atoms with Gasteiger partial charge >= 0.3 is 0 Å². The molecule has 0 unspecified atom stereocenters. The van der Waals surface area contributed by atoms with E-state index in [2.05, 4.69) is 4.98 Å². The molecule has 4 aromatic rings. The Bertz CT molecular complexity index is 1280. The van der Waals surface area contributed by atoms with Crippen LogP contribution in [-0.4, -0.2) is 20.1 Å². The van der Waals surface area contributed by atoms with Gasteiger partial charge in [-0.1, -0.05) is 54.1 Å². The Kier molecular flexibility index (Phi) is 5.83. The summed E-state index contributed by atoms with van der Waals surface area (Å²) in [6.45, 7) is 1.81. The molecule has 2 aromatic carbocycles. The van der Waals surface area contributed by atoms with Crippen LogP contribution in [0.4, 0.5) is 0 Å². The number of benzene rings is 2. The summed E-state index contributed by atoms with van der Waals surface area (Å²) in [5, 5.41) is 11.4. The van der Waals surface area contributed by atoms with E-state index in [1.807, 2.05) is 61.5 Å². The van der Waals surface area contributed by atoms with Gasteiger partial charge in [-0.3, -0.25) is 4.98 Å². The van der Waals surface area contributed by atoms with E-state index in [9.17, 15) is 5.11 Å². The Morgan fingerprint density at radius 2 is 1.81 bits per heavy atom. The van der Waals surface area contributed by atoms with Crippen molar-refractivity contribution in [2.75, 3.05) is 0 Å². The lowest BCUT2D eigenvalue weighted by Crippen LogP contribution is -2.13. The van der Waals surface area contributed by atoms with Gasteiger partial charge in [-0.05, 0) is 24.6 Å². The number of halogens is 1. The highest BCUT2D eigenvalue weighted by Crippen LogP contribution is 2.43. The lowest BCUT2D eigenvalue weighted by atomic mass is 9.99. The molecule has 1 N–H and O–H groups in total. The highest BCUT2D eigenvalue weighted by Gasteiger charge is 2.27. The zero-order valence-electron chi connectivity index (χ0n) is 17.4. The fraction of sp³-hybridized carbons (Fsp3) is 0.160. The van der Waals surface area contributed by atoms with Gasteiger partial charge in [0.2, 0.25) is 5.88 Å². The van der Waals surface area contributed by atoms with Crippen molar-refractivity contribution < 1.29 is 9.84 Å². The lowest BCUT2D eigenvalue weighted by molar-refractivity contribution is 0.278. The number of aliphatic hydroxyl groups excluding tert-OH is 1. The molecule has 0 fully saturated rings. The lowest BCUT2D eigenvalue weighted by Gasteiger charge is -2.24. The van der Waals surface area contributed by atoms with E-state index in [0.717, 1.165) is 49.3 Å². The molecule has 160 valence electrons. The van der Waals surface area contributed by atoms with Crippen LogP contribution in [0, 0.1) is 6.92 Å². The molecule has 2 aromatic heterocycles. The highest BCUT2D eigenvalue weighted by atomic mass is 35.5. The first-order chi connectivity index (χ1) is 15.6. The highest BCUT2D eigenvalue weighted by molar-refractivity contribution is 7.98. The molecule has 1 aliphatic heterocycles. The number of aromatic nitrogens is 3.